The zero-order valence-electron chi connectivity index (χ0n) is 8.79. The van der Waals surface area contributed by atoms with Crippen molar-refractivity contribution >= 4 is 5.95 Å². The molecule has 0 bridgehead atoms. The summed E-state index contributed by atoms with van der Waals surface area (Å²) in [5.41, 5.74) is 0.913. The average molecular weight is 248 g/mol. The minimum absolute atomic E-state index is 0.0587. The van der Waals surface area contributed by atoms with Gasteiger partial charge in [0, 0.05) is 6.07 Å². The Morgan fingerprint density at radius 1 is 1.35 bits per heavy atom. The Labute approximate surface area is 95.2 Å². The van der Waals surface area contributed by atoms with Crippen molar-refractivity contribution in [3.63, 3.8) is 0 Å². The van der Waals surface area contributed by atoms with Crippen molar-refractivity contribution in [2.24, 2.45) is 5.84 Å². The predicted octanol–water partition coefficient (Wildman–Crippen LogP) is 1.71. The second-order valence-corrected chi connectivity index (χ2v) is 3.73. The first-order valence-electron chi connectivity index (χ1n) is 5.08. The highest BCUT2D eigenvalue weighted by molar-refractivity contribution is 5.30. The molecule has 1 aliphatic carbocycles. The number of nitrogens with two attached hydrogens (primary N) is 1. The molecule has 1 saturated carbocycles. The molecule has 0 aromatic carbocycles. The van der Waals surface area contributed by atoms with Gasteiger partial charge in [-0.2, -0.15) is 18.2 Å². The van der Waals surface area contributed by atoms with Crippen molar-refractivity contribution in [3.05, 3.63) is 11.8 Å². The van der Waals surface area contributed by atoms with Crippen LogP contribution in [0.25, 0.3) is 0 Å². The van der Waals surface area contributed by atoms with Crippen molar-refractivity contribution < 1.29 is 17.9 Å². The van der Waals surface area contributed by atoms with Crippen molar-refractivity contribution in [1.29, 1.82) is 0 Å². The number of aromatic nitrogens is 2. The normalized spacial score (nSPS) is 16.5. The maximum Gasteiger partial charge on any atom is 0.433 e. The molecule has 0 saturated heterocycles. The van der Waals surface area contributed by atoms with Gasteiger partial charge >= 0.3 is 6.18 Å². The molecular weight excluding hydrogens is 237 g/mol. The summed E-state index contributed by atoms with van der Waals surface area (Å²) < 4.78 is 42.8. The molecule has 1 heterocycles. The van der Waals surface area contributed by atoms with Gasteiger partial charge in [0.2, 0.25) is 11.8 Å². The summed E-state index contributed by atoms with van der Waals surface area (Å²) >= 11 is 0. The fourth-order valence-electron chi connectivity index (χ4n) is 1.35. The average Bonchev–Trinajstić information content (AvgIpc) is 2.22. The molecule has 1 aromatic heterocycles. The Kier molecular flexibility index (Phi) is 3.05. The fraction of sp³-hybridized carbons (Fsp3) is 0.556. The van der Waals surface area contributed by atoms with Crippen LogP contribution in [0.4, 0.5) is 19.1 Å². The summed E-state index contributed by atoms with van der Waals surface area (Å²) in [5.74, 6) is 4.59. The maximum atomic E-state index is 12.5. The fourth-order valence-corrected chi connectivity index (χ4v) is 1.35. The minimum atomic E-state index is -4.55. The van der Waals surface area contributed by atoms with Gasteiger partial charge in [-0.15, -0.1) is 0 Å². The number of nitrogens with one attached hydrogen (secondary N) is 1. The molecule has 0 aliphatic heterocycles. The lowest BCUT2D eigenvalue weighted by molar-refractivity contribution is -0.141. The summed E-state index contributed by atoms with van der Waals surface area (Å²) in [6.07, 6.45) is -1.93. The number of nitrogen functional groups attached to an aromatic ring is 1. The van der Waals surface area contributed by atoms with Crippen LogP contribution < -0.4 is 16.0 Å². The van der Waals surface area contributed by atoms with Crippen LogP contribution >= 0.6 is 0 Å². The second-order valence-electron chi connectivity index (χ2n) is 3.73. The highest BCUT2D eigenvalue weighted by Crippen LogP contribution is 2.31. The van der Waals surface area contributed by atoms with Gasteiger partial charge in [0.25, 0.3) is 0 Å². The number of halogens is 3. The molecular formula is C9H11F3N4O. The first-order chi connectivity index (χ1) is 7.99. The SMILES string of the molecule is NNc1nc(OC2CCC2)cc(C(F)(F)F)n1. The standard InChI is InChI=1S/C9H11F3N4O/c10-9(11,12)6-4-7(15-8(14-6)16-13)17-5-2-1-3-5/h4-5H,1-3,13H2,(H,14,15,16). The Balaban J connectivity index is 2.24. The lowest BCUT2D eigenvalue weighted by Gasteiger charge is -2.26. The highest BCUT2D eigenvalue weighted by Gasteiger charge is 2.34. The number of nitrogens with zero attached hydrogens (tertiary/aromatic N) is 2. The van der Waals surface area contributed by atoms with Crippen molar-refractivity contribution in [2.75, 3.05) is 5.43 Å². The maximum absolute atomic E-state index is 12.5. The summed E-state index contributed by atoms with van der Waals surface area (Å²) in [7, 11) is 0. The third-order valence-electron chi connectivity index (χ3n) is 2.46. The van der Waals surface area contributed by atoms with E-state index in [0.29, 0.717) is 0 Å². The number of hydrazine groups is 1. The largest absolute Gasteiger partial charge is 0.474 e. The van der Waals surface area contributed by atoms with E-state index in [1.165, 1.54) is 0 Å². The van der Waals surface area contributed by atoms with Crippen LogP contribution in [-0.4, -0.2) is 16.1 Å². The van der Waals surface area contributed by atoms with Gasteiger partial charge in [-0.05, 0) is 19.3 Å². The van der Waals surface area contributed by atoms with Crippen LogP contribution in [0.2, 0.25) is 0 Å². The lowest BCUT2D eigenvalue weighted by atomic mass is 9.96. The van der Waals surface area contributed by atoms with Crippen molar-refractivity contribution in [2.45, 2.75) is 31.5 Å². The quantitative estimate of drug-likeness (QED) is 0.629. The van der Waals surface area contributed by atoms with E-state index < -0.39 is 11.9 Å². The Morgan fingerprint density at radius 3 is 2.53 bits per heavy atom. The molecule has 2 rings (SSSR count). The van der Waals surface area contributed by atoms with E-state index >= 15 is 0 Å². The van der Waals surface area contributed by atoms with Crippen molar-refractivity contribution in [3.8, 4) is 5.88 Å². The molecule has 17 heavy (non-hydrogen) atoms. The monoisotopic (exact) mass is 248 g/mol. The number of hydrogen-bond donors (Lipinski definition) is 2. The van der Waals surface area contributed by atoms with E-state index in [1.807, 2.05) is 5.43 Å². The van der Waals surface area contributed by atoms with Crippen LogP contribution in [0.3, 0.4) is 0 Å². The predicted molar refractivity (Wildman–Crippen MR) is 53.1 cm³/mol. The third kappa shape index (κ3) is 2.76. The number of alkyl halides is 3. The van der Waals surface area contributed by atoms with Crippen LogP contribution in [0.1, 0.15) is 25.0 Å². The number of hydrogen-bond acceptors (Lipinski definition) is 5. The van der Waals surface area contributed by atoms with E-state index in [-0.39, 0.29) is 17.9 Å². The molecule has 1 aliphatic rings. The molecule has 0 radical (unpaired) electrons. The zero-order valence-corrected chi connectivity index (χ0v) is 8.79. The van der Waals surface area contributed by atoms with Crippen LogP contribution in [-0.2, 0) is 6.18 Å². The summed E-state index contributed by atoms with van der Waals surface area (Å²) in [5, 5.41) is 0. The Hall–Kier alpha value is -1.57. The molecule has 0 spiro atoms. The van der Waals surface area contributed by atoms with Gasteiger partial charge in [-0.1, -0.05) is 0 Å². The van der Waals surface area contributed by atoms with Crippen LogP contribution in [0.5, 0.6) is 5.88 Å². The number of rotatable bonds is 3. The van der Waals surface area contributed by atoms with Gasteiger partial charge in [-0.3, -0.25) is 5.43 Å². The molecule has 94 valence electrons. The Morgan fingerprint density at radius 2 is 2.06 bits per heavy atom. The van der Waals surface area contributed by atoms with E-state index in [4.69, 9.17) is 10.6 Å². The number of ether oxygens (including phenoxy) is 1. The second kappa shape index (κ2) is 4.36. The molecule has 1 fully saturated rings. The Bertz CT molecular complexity index is 406. The van der Waals surface area contributed by atoms with Crippen molar-refractivity contribution in [1.82, 2.24) is 9.97 Å². The summed E-state index contributed by atoms with van der Waals surface area (Å²) in [4.78, 5) is 6.94. The zero-order chi connectivity index (χ0) is 12.5. The number of anilines is 1. The first kappa shape index (κ1) is 11.9. The molecule has 0 unspecified atom stereocenters. The van der Waals surface area contributed by atoms with E-state index in [2.05, 4.69) is 9.97 Å². The third-order valence-corrected chi connectivity index (χ3v) is 2.46. The lowest BCUT2D eigenvalue weighted by Crippen LogP contribution is -2.26. The van der Waals surface area contributed by atoms with Gasteiger partial charge in [0.05, 0.1) is 0 Å². The van der Waals surface area contributed by atoms with Crippen LogP contribution in [0.15, 0.2) is 6.07 Å². The van der Waals surface area contributed by atoms with E-state index in [0.717, 1.165) is 25.3 Å². The molecule has 1 aromatic rings. The smallest absolute Gasteiger partial charge is 0.433 e. The topological polar surface area (TPSA) is 73.1 Å². The van der Waals surface area contributed by atoms with Gasteiger partial charge < -0.3 is 4.74 Å². The molecule has 0 atom stereocenters. The molecule has 5 nitrogen and oxygen atoms in total. The summed E-state index contributed by atoms with van der Waals surface area (Å²) in [6.45, 7) is 0. The molecule has 8 heteroatoms. The van der Waals surface area contributed by atoms with Gasteiger partial charge in [0.1, 0.15) is 6.10 Å². The van der Waals surface area contributed by atoms with Gasteiger partial charge in [-0.25, -0.2) is 10.8 Å². The summed E-state index contributed by atoms with van der Waals surface area (Å²) in [6, 6.07) is 0.777. The van der Waals surface area contributed by atoms with E-state index in [1.54, 1.807) is 0 Å². The van der Waals surface area contributed by atoms with Crippen LogP contribution in [0, 0.1) is 0 Å². The molecule has 3 N–H and O–H groups in total. The minimum Gasteiger partial charge on any atom is -0.474 e. The highest BCUT2D eigenvalue weighted by atomic mass is 19.4. The molecule has 0 amide bonds. The van der Waals surface area contributed by atoms with Gasteiger partial charge in [0.15, 0.2) is 5.69 Å². The first-order valence-corrected chi connectivity index (χ1v) is 5.08. The van der Waals surface area contributed by atoms with E-state index in [9.17, 15) is 13.2 Å².